The Bertz CT molecular complexity index is 209. The minimum absolute atomic E-state index is 0.552. The van der Waals surface area contributed by atoms with Crippen molar-refractivity contribution in [1.82, 2.24) is 0 Å². The molecule has 0 unspecified atom stereocenters. The number of carbonyl (C=O) groups is 1. The van der Waals surface area contributed by atoms with Crippen molar-refractivity contribution in [3.8, 4) is 0 Å². The fourth-order valence-corrected chi connectivity index (χ4v) is 4.66. The summed E-state index contributed by atoms with van der Waals surface area (Å²) in [5.41, 5.74) is 5.19. The van der Waals surface area contributed by atoms with E-state index in [1.54, 1.807) is 23.3 Å². The predicted molar refractivity (Wildman–Crippen MR) is 84.7 cm³/mol. The van der Waals surface area contributed by atoms with Gasteiger partial charge in [-0.15, -0.1) is 0 Å². The topological polar surface area (TPSA) is 63.3 Å². The third-order valence-corrected chi connectivity index (χ3v) is 6.09. The molecule has 1 aliphatic rings. The number of rotatable bonds is 7. The molecule has 0 aromatic carbocycles. The van der Waals surface area contributed by atoms with Gasteiger partial charge in [-0.05, 0) is 48.6 Å². The Morgan fingerprint density at radius 3 is 2.50 bits per heavy atom. The van der Waals surface area contributed by atoms with Crippen LogP contribution in [0.25, 0.3) is 0 Å². The molecule has 0 bridgehead atoms. The van der Waals surface area contributed by atoms with Crippen LogP contribution in [0.15, 0.2) is 0 Å². The van der Waals surface area contributed by atoms with Gasteiger partial charge >= 0.3 is 5.97 Å². The average Bonchev–Trinajstić information content (AvgIpc) is 2.87. The van der Waals surface area contributed by atoms with Crippen LogP contribution in [-0.4, -0.2) is 46.4 Å². The molecule has 0 radical (unpaired) electrons. The van der Waals surface area contributed by atoms with Gasteiger partial charge in [-0.3, -0.25) is 4.79 Å². The van der Waals surface area contributed by atoms with Crippen molar-refractivity contribution in [2.75, 3.05) is 29.3 Å². The molecule has 0 aromatic rings. The molecule has 108 valence electrons. The van der Waals surface area contributed by atoms with Crippen molar-refractivity contribution in [2.45, 2.75) is 45.1 Å². The lowest BCUT2D eigenvalue weighted by Crippen LogP contribution is -2.30. The molecular weight excluding hydrogens is 266 g/mol. The van der Waals surface area contributed by atoms with Crippen LogP contribution in [0.4, 0.5) is 0 Å². The Labute approximate surface area is 119 Å². The van der Waals surface area contributed by atoms with E-state index < -0.39 is 12.0 Å². The zero-order valence-corrected chi connectivity index (χ0v) is 13.3. The highest BCUT2D eigenvalue weighted by atomic mass is 32.2. The summed E-state index contributed by atoms with van der Waals surface area (Å²) in [5, 5.41) is 8.27. The normalized spacial score (nSPS) is 17.1. The second-order valence-electron chi connectivity index (χ2n) is 4.51. The first-order valence-corrected chi connectivity index (χ1v) is 9.85. The van der Waals surface area contributed by atoms with Crippen LogP contribution in [0, 0.1) is 0 Å². The Morgan fingerprint density at radius 1 is 1.44 bits per heavy atom. The third kappa shape index (κ3) is 10.1. The number of hydrogen-bond acceptors (Lipinski definition) is 3. The second-order valence-corrected chi connectivity index (χ2v) is 7.95. The fraction of sp³-hybridized carbons (Fsp3) is 0.923. The van der Waals surface area contributed by atoms with E-state index in [-0.39, 0.29) is 0 Å². The summed E-state index contributed by atoms with van der Waals surface area (Å²) in [5.74, 6) is 4.55. The Morgan fingerprint density at radius 2 is 2.06 bits per heavy atom. The molecule has 0 aromatic heterocycles. The molecule has 1 rings (SSSR count). The third-order valence-electron chi connectivity index (χ3n) is 2.85. The summed E-state index contributed by atoms with van der Waals surface area (Å²) in [6.45, 7) is 2.29. The Hall–Kier alpha value is 0.130. The quantitative estimate of drug-likeness (QED) is 0.708. The zero-order valence-electron chi connectivity index (χ0n) is 11.7. The lowest BCUT2D eigenvalue weighted by atomic mass is 10.2. The second kappa shape index (κ2) is 12.2. The molecule has 18 heavy (non-hydrogen) atoms. The van der Waals surface area contributed by atoms with Crippen molar-refractivity contribution in [3.05, 3.63) is 0 Å². The monoisotopic (exact) mass is 294 g/mol. The number of hydrogen-bond donors (Lipinski definition) is 2. The van der Waals surface area contributed by atoms with E-state index in [2.05, 4.69) is 6.92 Å². The van der Waals surface area contributed by atoms with Gasteiger partial charge in [-0.25, -0.2) is 0 Å². The highest BCUT2D eigenvalue weighted by Crippen LogP contribution is 2.14. The molecule has 0 amide bonds. The number of carboxylic acids is 1. The molecule has 0 spiro atoms. The largest absolute Gasteiger partial charge is 0.480 e. The molecule has 1 saturated heterocycles. The molecule has 0 saturated carbocycles. The van der Waals surface area contributed by atoms with Crippen LogP contribution in [0.1, 0.15) is 39.0 Å². The number of carboxylic acid groups (broad SMARTS) is 1. The van der Waals surface area contributed by atoms with Crippen molar-refractivity contribution in [3.63, 3.8) is 0 Å². The van der Waals surface area contributed by atoms with Gasteiger partial charge < -0.3 is 10.8 Å². The summed E-state index contributed by atoms with van der Waals surface area (Å²) in [7, 11) is 0.873. The smallest absolute Gasteiger partial charge is 0.320 e. The number of thioether (sulfide) groups is 1. The van der Waals surface area contributed by atoms with E-state index in [1.165, 1.54) is 31.4 Å². The van der Waals surface area contributed by atoms with E-state index >= 15 is 0 Å². The Kier molecular flexibility index (Phi) is 12.3. The first-order chi connectivity index (χ1) is 8.61. The molecule has 3 N–H and O–H groups in total. The number of unbranched alkanes of at least 4 members (excludes halogenated alkanes) is 1. The van der Waals surface area contributed by atoms with E-state index in [1.807, 2.05) is 6.26 Å². The lowest BCUT2D eigenvalue weighted by Gasteiger charge is -2.02. The average molecular weight is 295 g/mol. The summed E-state index contributed by atoms with van der Waals surface area (Å²) >= 11 is 1.60. The Balaban J connectivity index is 0.000000321. The predicted octanol–water partition coefficient (Wildman–Crippen LogP) is 2.35. The van der Waals surface area contributed by atoms with Crippen molar-refractivity contribution in [1.29, 1.82) is 0 Å². The van der Waals surface area contributed by atoms with Crippen molar-refractivity contribution < 1.29 is 9.90 Å². The number of nitrogens with two attached hydrogens (primary N) is 1. The highest BCUT2D eigenvalue weighted by Gasteiger charge is 2.22. The summed E-state index contributed by atoms with van der Waals surface area (Å²) in [6, 6.07) is -0.683. The lowest BCUT2D eigenvalue weighted by molar-refractivity contribution is -0.138. The maximum atomic E-state index is 10.1. The van der Waals surface area contributed by atoms with Crippen LogP contribution in [0.2, 0.25) is 0 Å². The molecule has 1 fully saturated rings. The van der Waals surface area contributed by atoms with E-state index in [0.29, 0.717) is 6.42 Å². The van der Waals surface area contributed by atoms with Crippen LogP contribution < -0.4 is 5.73 Å². The van der Waals surface area contributed by atoms with Gasteiger partial charge in [0.25, 0.3) is 0 Å². The fourth-order valence-electron chi connectivity index (χ4n) is 1.64. The molecule has 5 heteroatoms. The summed E-state index contributed by atoms with van der Waals surface area (Å²) < 4.78 is 0. The van der Waals surface area contributed by atoms with Crippen LogP contribution >= 0.6 is 11.8 Å². The minimum Gasteiger partial charge on any atom is -0.480 e. The molecular formula is C13H28NO2S2+. The van der Waals surface area contributed by atoms with Gasteiger partial charge in [-0.1, -0.05) is 13.3 Å². The van der Waals surface area contributed by atoms with Gasteiger partial charge in [0.15, 0.2) is 0 Å². The molecule has 1 aliphatic heterocycles. The van der Waals surface area contributed by atoms with E-state index in [9.17, 15) is 4.79 Å². The van der Waals surface area contributed by atoms with E-state index in [4.69, 9.17) is 10.8 Å². The molecule has 1 atom stereocenters. The van der Waals surface area contributed by atoms with Gasteiger partial charge in [0.2, 0.25) is 0 Å². The maximum absolute atomic E-state index is 10.1. The number of aliphatic carboxylic acids is 1. The van der Waals surface area contributed by atoms with Crippen molar-refractivity contribution >= 4 is 28.6 Å². The maximum Gasteiger partial charge on any atom is 0.320 e. The first-order valence-electron chi connectivity index (χ1n) is 6.73. The van der Waals surface area contributed by atoms with Gasteiger partial charge in [0.1, 0.15) is 23.3 Å². The van der Waals surface area contributed by atoms with Crippen LogP contribution in [0.5, 0.6) is 0 Å². The summed E-state index contributed by atoms with van der Waals surface area (Å²) in [6.07, 6.45) is 8.39. The van der Waals surface area contributed by atoms with E-state index in [0.717, 1.165) is 16.6 Å². The molecule has 1 heterocycles. The minimum atomic E-state index is -0.913. The highest BCUT2D eigenvalue weighted by molar-refractivity contribution is 7.98. The molecule has 0 aliphatic carbocycles. The zero-order chi connectivity index (χ0) is 13.8. The molecule has 3 nitrogen and oxygen atoms in total. The van der Waals surface area contributed by atoms with Crippen molar-refractivity contribution in [2.24, 2.45) is 5.73 Å². The van der Waals surface area contributed by atoms with Crippen LogP contribution in [-0.2, 0) is 15.7 Å². The first kappa shape index (κ1) is 18.1. The van der Waals surface area contributed by atoms with Crippen LogP contribution in [0.3, 0.4) is 0 Å². The summed E-state index contributed by atoms with van der Waals surface area (Å²) in [4.78, 5) is 10.1. The van der Waals surface area contributed by atoms with Gasteiger partial charge in [0.05, 0.1) is 0 Å². The standard InChI is InChI=1S/C8H17S.C5H11NO2S/c1-2-3-6-9-7-4-5-8-9;1-9-3-2-4(6)5(7)8/h2-8H2,1H3;4H,2-3,6H2,1H3,(H,7,8)/q+1;/t;4-/m.0/s1. The van der Waals surface area contributed by atoms with Gasteiger partial charge in [0, 0.05) is 0 Å². The SMILES string of the molecule is CCCC[S+]1CCCC1.CSCC[C@H](N)C(=O)O. The van der Waals surface area contributed by atoms with Gasteiger partial charge in [-0.2, -0.15) is 11.8 Å².